The SMILES string of the molecule is CN1CCC(CN(C)C(CN)c2cncn2C2CC2)CC1. The fourth-order valence-corrected chi connectivity index (χ4v) is 3.54. The van der Waals surface area contributed by atoms with Crippen LogP contribution in [-0.4, -0.2) is 59.6 Å². The summed E-state index contributed by atoms with van der Waals surface area (Å²) in [6.07, 6.45) is 9.19. The van der Waals surface area contributed by atoms with Gasteiger partial charge in [-0.1, -0.05) is 0 Å². The molecule has 1 unspecified atom stereocenters. The molecule has 1 aromatic rings. The lowest BCUT2D eigenvalue weighted by atomic mass is 9.96. The predicted octanol–water partition coefficient (Wildman–Crippen LogP) is 1.49. The third-order valence-electron chi connectivity index (χ3n) is 5.12. The van der Waals surface area contributed by atoms with Crippen molar-refractivity contribution >= 4 is 0 Å². The molecule has 0 spiro atoms. The van der Waals surface area contributed by atoms with Gasteiger partial charge < -0.3 is 15.2 Å². The predicted molar refractivity (Wildman–Crippen MR) is 85.1 cm³/mol. The summed E-state index contributed by atoms with van der Waals surface area (Å²) >= 11 is 0. The molecule has 118 valence electrons. The molecule has 1 saturated carbocycles. The van der Waals surface area contributed by atoms with E-state index in [1.807, 2.05) is 12.5 Å². The van der Waals surface area contributed by atoms with Crippen molar-refractivity contribution in [3.63, 3.8) is 0 Å². The topological polar surface area (TPSA) is 50.3 Å². The molecule has 2 heterocycles. The van der Waals surface area contributed by atoms with Gasteiger partial charge in [0, 0.05) is 25.3 Å². The number of piperidine rings is 1. The van der Waals surface area contributed by atoms with Gasteiger partial charge in [-0.25, -0.2) is 4.98 Å². The molecule has 5 nitrogen and oxygen atoms in total. The first-order valence-electron chi connectivity index (χ1n) is 8.29. The third kappa shape index (κ3) is 3.47. The molecule has 2 fully saturated rings. The van der Waals surface area contributed by atoms with Gasteiger partial charge in [0.15, 0.2) is 0 Å². The molecular weight excluding hydrogens is 262 g/mol. The minimum absolute atomic E-state index is 0.299. The summed E-state index contributed by atoms with van der Waals surface area (Å²) < 4.78 is 2.35. The van der Waals surface area contributed by atoms with Gasteiger partial charge in [0.2, 0.25) is 0 Å². The van der Waals surface area contributed by atoms with E-state index in [0.29, 0.717) is 18.6 Å². The van der Waals surface area contributed by atoms with Crippen molar-refractivity contribution in [2.75, 3.05) is 40.3 Å². The Balaban J connectivity index is 1.63. The second kappa shape index (κ2) is 6.46. The summed E-state index contributed by atoms with van der Waals surface area (Å²) in [5.41, 5.74) is 7.39. The van der Waals surface area contributed by atoms with E-state index < -0.39 is 0 Å². The van der Waals surface area contributed by atoms with Crippen molar-refractivity contribution in [2.45, 2.75) is 37.8 Å². The fourth-order valence-electron chi connectivity index (χ4n) is 3.54. The van der Waals surface area contributed by atoms with E-state index in [1.165, 1.54) is 44.5 Å². The Hall–Kier alpha value is -0.910. The molecule has 21 heavy (non-hydrogen) atoms. The lowest BCUT2D eigenvalue weighted by Gasteiger charge is -2.35. The van der Waals surface area contributed by atoms with E-state index in [0.717, 1.165) is 12.5 Å². The Bertz CT molecular complexity index is 445. The summed E-state index contributed by atoms with van der Waals surface area (Å²) in [5.74, 6) is 0.803. The molecule has 0 bridgehead atoms. The first kappa shape index (κ1) is 15.0. The molecular formula is C16H29N5. The van der Waals surface area contributed by atoms with Crippen LogP contribution in [0.2, 0.25) is 0 Å². The minimum Gasteiger partial charge on any atom is -0.330 e. The van der Waals surface area contributed by atoms with Crippen molar-refractivity contribution in [3.05, 3.63) is 18.2 Å². The highest BCUT2D eigenvalue weighted by Crippen LogP contribution is 2.37. The van der Waals surface area contributed by atoms with E-state index in [2.05, 4.69) is 33.4 Å². The van der Waals surface area contributed by atoms with Crippen molar-refractivity contribution in [2.24, 2.45) is 11.7 Å². The smallest absolute Gasteiger partial charge is 0.0951 e. The van der Waals surface area contributed by atoms with Gasteiger partial charge >= 0.3 is 0 Å². The zero-order chi connectivity index (χ0) is 14.8. The maximum absolute atomic E-state index is 6.09. The molecule has 5 heteroatoms. The number of nitrogens with zero attached hydrogens (tertiary/aromatic N) is 4. The van der Waals surface area contributed by atoms with Gasteiger partial charge in [-0.15, -0.1) is 0 Å². The van der Waals surface area contributed by atoms with Crippen LogP contribution >= 0.6 is 0 Å². The number of aromatic nitrogens is 2. The average molecular weight is 291 g/mol. The lowest BCUT2D eigenvalue weighted by Crippen LogP contribution is -2.39. The molecule has 3 rings (SSSR count). The quantitative estimate of drug-likeness (QED) is 0.863. The van der Waals surface area contributed by atoms with E-state index in [-0.39, 0.29) is 0 Å². The normalized spacial score (nSPS) is 22.9. The molecule has 1 saturated heterocycles. The van der Waals surface area contributed by atoms with Crippen molar-refractivity contribution < 1.29 is 0 Å². The molecule has 0 amide bonds. The Kier molecular flexibility index (Phi) is 4.62. The number of rotatable bonds is 6. The zero-order valence-electron chi connectivity index (χ0n) is 13.4. The van der Waals surface area contributed by atoms with Gasteiger partial charge in [-0.2, -0.15) is 0 Å². The summed E-state index contributed by atoms with van der Waals surface area (Å²) in [4.78, 5) is 9.25. The largest absolute Gasteiger partial charge is 0.330 e. The number of hydrogen-bond acceptors (Lipinski definition) is 4. The number of imidazole rings is 1. The molecule has 2 aliphatic rings. The average Bonchev–Trinajstić information content (AvgIpc) is 3.22. The second-order valence-corrected chi connectivity index (χ2v) is 6.89. The Morgan fingerprint density at radius 2 is 2.05 bits per heavy atom. The van der Waals surface area contributed by atoms with Crippen LogP contribution in [0.1, 0.15) is 43.5 Å². The Morgan fingerprint density at radius 3 is 2.67 bits per heavy atom. The highest BCUT2D eigenvalue weighted by molar-refractivity contribution is 5.10. The standard InChI is InChI=1S/C16H29N5/c1-19-7-5-13(6-8-19)11-20(2)15(9-17)16-10-18-12-21(16)14-3-4-14/h10,12-15H,3-9,11,17H2,1-2H3. The third-order valence-corrected chi connectivity index (χ3v) is 5.12. The van der Waals surface area contributed by atoms with Gasteiger partial charge in [0.25, 0.3) is 0 Å². The molecule has 1 atom stereocenters. The van der Waals surface area contributed by atoms with E-state index in [4.69, 9.17) is 5.73 Å². The number of likely N-dealkylation sites (N-methyl/N-ethyl adjacent to an activating group) is 1. The maximum atomic E-state index is 6.09. The lowest BCUT2D eigenvalue weighted by molar-refractivity contribution is 0.148. The molecule has 1 aliphatic heterocycles. The van der Waals surface area contributed by atoms with Crippen LogP contribution in [0.3, 0.4) is 0 Å². The molecule has 1 aromatic heterocycles. The fraction of sp³-hybridized carbons (Fsp3) is 0.812. The Labute approximate surface area is 128 Å². The molecule has 0 aromatic carbocycles. The highest BCUT2D eigenvalue weighted by Gasteiger charge is 2.30. The first-order valence-corrected chi connectivity index (χ1v) is 8.29. The van der Waals surface area contributed by atoms with E-state index in [1.54, 1.807) is 0 Å². The molecule has 2 N–H and O–H groups in total. The van der Waals surface area contributed by atoms with Gasteiger partial charge in [-0.05, 0) is 58.8 Å². The van der Waals surface area contributed by atoms with Gasteiger partial charge in [0.1, 0.15) is 0 Å². The summed E-state index contributed by atoms with van der Waals surface area (Å²) in [6.45, 7) is 4.27. The summed E-state index contributed by atoms with van der Waals surface area (Å²) in [6, 6.07) is 0.973. The number of likely N-dealkylation sites (tertiary alicyclic amines) is 1. The second-order valence-electron chi connectivity index (χ2n) is 6.89. The van der Waals surface area contributed by atoms with Crippen LogP contribution in [0.15, 0.2) is 12.5 Å². The van der Waals surface area contributed by atoms with Crippen molar-refractivity contribution in [1.82, 2.24) is 19.4 Å². The Morgan fingerprint density at radius 1 is 1.33 bits per heavy atom. The van der Waals surface area contributed by atoms with Crippen LogP contribution in [0, 0.1) is 5.92 Å². The van der Waals surface area contributed by atoms with Crippen molar-refractivity contribution in [3.8, 4) is 0 Å². The van der Waals surface area contributed by atoms with E-state index >= 15 is 0 Å². The zero-order valence-corrected chi connectivity index (χ0v) is 13.4. The molecule has 0 radical (unpaired) electrons. The van der Waals surface area contributed by atoms with Crippen LogP contribution in [-0.2, 0) is 0 Å². The first-order chi connectivity index (χ1) is 10.2. The minimum atomic E-state index is 0.299. The van der Waals surface area contributed by atoms with Gasteiger partial charge in [0.05, 0.1) is 18.1 Å². The van der Waals surface area contributed by atoms with Crippen LogP contribution < -0.4 is 5.73 Å². The monoisotopic (exact) mass is 291 g/mol. The maximum Gasteiger partial charge on any atom is 0.0951 e. The van der Waals surface area contributed by atoms with Crippen LogP contribution in [0.5, 0.6) is 0 Å². The van der Waals surface area contributed by atoms with Gasteiger partial charge in [-0.3, -0.25) is 4.90 Å². The highest BCUT2D eigenvalue weighted by atomic mass is 15.2. The number of nitrogens with two attached hydrogens (primary N) is 1. The van der Waals surface area contributed by atoms with E-state index in [9.17, 15) is 0 Å². The van der Waals surface area contributed by atoms with Crippen molar-refractivity contribution in [1.29, 1.82) is 0 Å². The number of hydrogen-bond donors (Lipinski definition) is 1. The summed E-state index contributed by atoms with van der Waals surface area (Å²) in [5, 5.41) is 0. The van der Waals surface area contributed by atoms with Crippen LogP contribution in [0.4, 0.5) is 0 Å². The summed E-state index contributed by atoms with van der Waals surface area (Å²) in [7, 11) is 4.44. The van der Waals surface area contributed by atoms with Crippen LogP contribution in [0.25, 0.3) is 0 Å². The molecule has 1 aliphatic carbocycles.